The van der Waals surface area contributed by atoms with Crippen LogP contribution in [-0.2, 0) is 13.6 Å². The summed E-state index contributed by atoms with van der Waals surface area (Å²) in [7, 11) is -4.47. The van der Waals surface area contributed by atoms with Crippen molar-refractivity contribution < 1.29 is 22.7 Å². The highest BCUT2D eigenvalue weighted by Crippen LogP contribution is 2.48. The van der Waals surface area contributed by atoms with Crippen LogP contribution in [0.1, 0.15) is 65.8 Å². The Morgan fingerprint density at radius 1 is 1.00 bits per heavy atom. The van der Waals surface area contributed by atoms with E-state index >= 15 is 4.39 Å². The van der Waals surface area contributed by atoms with Gasteiger partial charge in [0.05, 0.1) is 6.61 Å². The highest BCUT2D eigenvalue weighted by atomic mass is 32.1. The number of rotatable bonds is 8. The van der Waals surface area contributed by atoms with Crippen LogP contribution in [0.15, 0.2) is 30.5 Å². The molecular weight excluding hydrogens is 560 g/mol. The Bertz CT molecular complexity index is 1250. The van der Waals surface area contributed by atoms with Gasteiger partial charge in [-0.25, -0.2) is 4.39 Å². The maximum Gasteiger partial charge on any atom is 0.223 e. The number of para-hydroxylation sites is 1. The lowest BCUT2D eigenvalue weighted by Crippen LogP contribution is -2.53. The predicted molar refractivity (Wildman–Crippen MR) is 168 cm³/mol. The van der Waals surface area contributed by atoms with Gasteiger partial charge in [-0.3, -0.25) is 4.57 Å². The quantitative estimate of drug-likeness (QED) is 0.220. The summed E-state index contributed by atoms with van der Waals surface area (Å²) in [4.78, 5) is 4.49. The Labute approximate surface area is 247 Å². The van der Waals surface area contributed by atoms with Crippen molar-refractivity contribution >= 4 is 28.9 Å². The highest BCUT2D eigenvalue weighted by molar-refractivity contribution is 7.71. The standard InChI is InChI=1S/C30H49FN2O4SSi2/c1-20-15-14-16-21(2)24(20)36-23-17-18-33(27(38)32-23)26-30(9,31)25(37-40(12,13)29(6,7)8)22(35-26)19-34-39(10,11)28(3,4)5/h14-18,22,25-26H,19H2,1-13H3/t22-,25?,26-,30?/m1/s1. The van der Waals surface area contributed by atoms with E-state index in [9.17, 15) is 0 Å². The molecule has 0 bridgehead atoms. The Morgan fingerprint density at radius 2 is 1.55 bits per heavy atom. The molecule has 3 rings (SSSR count). The van der Waals surface area contributed by atoms with E-state index in [-0.39, 0.29) is 21.5 Å². The van der Waals surface area contributed by atoms with Crippen molar-refractivity contribution in [2.75, 3.05) is 6.61 Å². The number of hydrogen-bond acceptors (Lipinski definition) is 6. The van der Waals surface area contributed by atoms with E-state index in [1.54, 1.807) is 23.8 Å². The molecule has 0 saturated carbocycles. The lowest BCUT2D eigenvalue weighted by atomic mass is 9.98. The predicted octanol–water partition coefficient (Wildman–Crippen LogP) is 9.06. The zero-order valence-corrected chi connectivity index (χ0v) is 29.5. The van der Waals surface area contributed by atoms with Crippen LogP contribution in [0.2, 0.25) is 36.3 Å². The van der Waals surface area contributed by atoms with E-state index in [2.05, 4.69) is 72.7 Å². The van der Waals surface area contributed by atoms with Crippen molar-refractivity contribution in [2.45, 2.75) is 123 Å². The summed E-state index contributed by atoms with van der Waals surface area (Å²) in [6, 6.07) is 7.64. The van der Waals surface area contributed by atoms with Crippen LogP contribution >= 0.6 is 12.2 Å². The third-order valence-electron chi connectivity index (χ3n) is 9.00. The van der Waals surface area contributed by atoms with Gasteiger partial charge in [-0.15, -0.1) is 0 Å². The second-order valence-electron chi connectivity index (χ2n) is 14.3. The van der Waals surface area contributed by atoms with Crippen LogP contribution in [0.25, 0.3) is 0 Å². The summed E-state index contributed by atoms with van der Waals surface area (Å²) in [6.07, 6.45) is -0.753. The second-order valence-corrected chi connectivity index (χ2v) is 24.3. The van der Waals surface area contributed by atoms with E-state index in [1.807, 2.05) is 32.0 Å². The molecule has 10 heteroatoms. The highest BCUT2D eigenvalue weighted by Gasteiger charge is 2.59. The van der Waals surface area contributed by atoms with Gasteiger partial charge in [-0.1, -0.05) is 59.7 Å². The fourth-order valence-corrected chi connectivity index (χ4v) is 6.86. The van der Waals surface area contributed by atoms with E-state index in [1.165, 1.54) is 0 Å². The molecule has 1 aliphatic heterocycles. The lowest BCUT2D eigenvalue weighted by Gasteiger charge is -2.42. The minimum absolute atomic E-state index is 0.0115. The maximum atomic E-state index is 17.0. The first-order chi connectivity index (χ1) is 18.1. The zero-order valence-electron chi connectivity index (χ0n) is 26.6. The van der Waals surface area contributed by atoms with Crippen molar-refractivity contribution in [1.29, 1.82) is 0 Å². The summed E-state index contributed by atoms with van der Waals surface area (Å²) in [5.41, 5.74) is 0.108. The minimum atomic E-state index is -2.35. The molecule has 1 saturated heterocycles. The SMILES string of the molecule is Cc1cccc(C)c1Oc1ccn([C@@H]2O[C@H](CO[Si](C)(C)C(C)(C)C)C(O[Si](C)(C)C(C)(C)C)C2(C)F)c(=S)n1. The molecule has 0 N–H and O–H groups in total. The summed E-state index contributed by atoms with van der Waals surface area (Å²) < 4.78 is 44.5. The van der Waals surface area contributed by atoms with Gasteiger partial charge in [0, 0.05) is 12.3 Å². The van der Waals surface area contributed by atoms with Crippen molar-refractivity contribution in [1.82, 2.24) is 9.55 Å². The van der Waals surface area contributed by atoms with Gasteiger partial charge in [0.1, 0.15) is 18.0 Å². The number of nitrogens with zero attached hydrogens (tertiary/aromatic N) is 2. The minimum Gasteiger partial charge on any atom is -0.438 e. The number of hydrogen-bond donors (Lipinski definition) is 0. The van der Waals surface area contributed by atoms with Gasteiger partial charge in [0.15, 0.2) is 28.5 Å². The summed E-state index contributed by atoms with van der Waals surface area (Å²) in [5, 5.41) is -0.0892. The van der Waals surface area contributed by atoms with Crippen molar-refractivity contribution in [3.8, 4) is 11.6 Å². The average molecular weight is 609 g/mol. The smallest absolute Gasteiger partial charge is 0.223 e. The molecular formula is C30H49FN2O4SSi2. The third-order valence-corrected chi connectivity index (χ3v) is 18.3. The Balaban J connectivity index is 1.96. The van der Waals surface area contributed by atoms with Gasteiger partial charge >= 0.3 is 0 Å². The maximum absolute atomic E-state index is 17.0. The molecule has 4 atom stereocenters. The monoisotopic (exact) mass is 608 g/mol. The number of alkyl halides is 1. The number of halogens is 1. The lowest BCUT2D eigenvalue weighted by molar-refractivity contribution is -0.0587. The number of benzene rings is 1. The normalized spacial score (nSPS) is 24.4. The molecule has 224 valence electrons. The number of ether oxygens (including phenoxy) is 2. The van der Waals surface area contributed by atoms with Gasteiger partial charge in [0.25, 0.3) is 0 Å². The van der Waals surface area contributed by atoms with E-state index in [0.717, 1.165) is 16.9 Å². The molecule has 1 aromatic carbocycles. The first kappa shape index (κ1) is 33.1. The molecule has 6 nitrogen and oxygen atoms in total. The van der Waals surface area contributed by atoms with Crippen LogP contribution in [0.3, 0.4) is 0 Å². The van der Waals surface area contributed by atoms with Crippen LogP contribution < -0.4 is 4.74 Å². The van der Waals surface area contributed by atoms with Gasteiger partial charge < -0.3 is 18.3 Å². The molecule has 0 radical (unpaired) electrons. The van der Waals surface area contributed by atoms with Gasteiger partial charge in [-0.05, 0) is 80.4 Å². The average Bonchev–Trinajstić information content (AvgIpc) is 3.03. The molecule has 0 spiro atoms. The van der Waals surface area contributed by atoms with E-state index in [4.69, 9.17) is 30.5 Å². The first-order valence-electron chi connectivity index (χ1n) is 14.1. The molecule has 0 aliphatic carbocycles. The van der Waals surface area contributed by atoms with Crippen molar-refractivity contribution in [2.24, 2.45) is 0 Å². The van der Waals surface area contributed by atoms with Crippen LogP contribution in [0, 0.1) is 18.6 Å². The molecule has 1 aromatic heterocycles. The van der Waals surface area contributed by atoms with Gasteiger partial charge in [-0.2, -0.15) is 4.98 Å². The Kier molecular flexibility index (Phi) is 9.37. The molecule has 2 aromatic rings. The molecule has 0 amide bonds. The van der Waals surface area contributed by atoms with Crippen LogP contribution in [-0.4, -0.2) is 50.7 Å². The molecule has 40 heavy (non-hydrogen) atoms. The summed E-state index contributed by atoms with van der Waals surface area (Å²) >= 11 is 5.65. The summed E-state index contributed by atoms with van der Waals surface area (Å²) in [5.74, 6) is 1.09. The Hall–Kier alpha value is -1.44. The van der Waals surface area contributed by atoms with Gasteiger partial charge in [0.2, 0.25) is 10.7 Å². The number of aromatic nitrogens is 2. The largest absolute Gasteiger partial charge is 0.438 e. The second kappa shape index (κ2) is 11.3. The summed E-state index contributed by atoms with van der Waals surface area (Å²) in [6.45, 7) is 27.4. The van der Waals surface area contributed by atoms with E-state index < -0.39 is 40.7 Å². The molecule has 1 fully saturated rings. The third kappa shape index (κ3) is 6.78. The van der Waals surface area contributed by atoms with E-state index in [0.29, 0.717) is 5.88 Å². The topological polar surface area (TPSA) is 54.7 Å². The first-order valence-corrected chi connectivity index (χ1v) is 20.3. The van der Waals surface area contributed by atoms with Crippen molar-refractivity contribution in [3.05, 3.63) is 46.4 Å². The fraction of sp³-hybridized carbons (Fsp3) is 0.667. The Morgan fingerprint density at radius 3 is 2.05 bits per heavy atom. The zero-order chi connectivity index (χ0) is 30.5. The van der Waals surface area contributed by atoms with Crippen molar-refractivity contribution in [3.63, 3.8) is 0 Å². The van der Waals surface area contributed by atoms with Crippen LogP contribution in [0.5, 0.6) is 11.6 Å². The molecule has 2 unspecified atom stereocenters. The fourth-order valence-electron chi connectivity index (χ4n) is 4.23. The molecule has 2 heterocycles. The molecule has 1 aliphatic rings. The number of aryl methyl sites for hydroxylation is 2. The van der Waals surface area contributed by atoms with Crippen LogP contribution in [0.4, 0.5) is 4.39 Å².